The molecule has 1 heterocycles. The molecule has 10 heteroatoms. The van der Waals surface area contributed by atoms with Crippen molar-refractivity contribution in [2.45, 2.75) is 6.61 Å². The summed E-state index contributed by atoms with van der Waals surface area (Å²) in [5, 5.41) is 31.3. The minimum atomic E-state index is -0.527. The first-order chi connectivity index (χ1) is 13.4. The second kappa shape index (κ2) is 8.01. The number of hydrogen-bond acceptors (Lipinski definition) is 7. The monoisotopic (exact) mass is 386 g/mol. The normalized spacial score (nSPS) is 14.0. The van der Waals surface area contributed by atoms with E-state index in [1.165, 1.54) is 36.4 Å². The molecular weight excluding hydrogens is 368 g/mol. The molecule has 1 N–H and O–H groups in total. The predicted molar refractivity (Wildman–Crippen MR) is 100 cm³/mol. The molecule has 3 rings (SSSR count). The number of non-ortho nitro benzene ring substituents is 1. The van der Waals surface area contributed by atoms with Crippen molar-refractivity contribution in [2.75, 3.05) is 31.1 Å². The Morgan fingerprint density at radius 1 is 0.964 bits per heavy atom. The van der Waals surface area contributed by atoms with Crippen molar-refractivity contribution in [2.24, 2.45) is 0 Å². The van der Waals surface area contributed by atoms with Crippen molar-refractivity contribution in [3.63, 3.8) is 0 Å². The highest BCUT2D eigenvalue weighted by Crippen LogP contribution is 2.30. The van der Waals surface area contributed by atoms with Crippen molar-refractivity contribution in [1.82, 2.24) is 4.90 Å². The standard InChI is InChI=1S/C18H18N4O6/c23-12-13-1-6-16(22(27)28)17(11-13)19-7-9-20(10-8-19)18(24)14-2-4-15(5-3-14)21(25)26/h1-6,11,23H,7-10,12H2. The van der Waals surface area contributed by atoms with Crippen LogP contribution in [0.3, 0.4) is 0 Å². The first-order valence-electron chi connectivity index (χ1n) is 8.57. The third kappa shape index (κ3) is 3.91. The molecule has 0 radical (unpaired) electrons. The minimum absolute atomic E-state index is 0.0488. The smallest absolute Gasteiger partial charge is 0.292 e. The van der Waals surface area contributed by atoms with Gasteiger partial charge in [0.25, 0.3) is 17.3 Å². The van der Waals surface area contributed by atoms with E-state index in [1.807, 2.05) is 4.90 Å². The number of nitro benzene ring substituents is 2. The topological polar surface area (TPSA) is 130 Å². The number of hydrogen-bond donors (Lipinski definition) is 1. The van der Waals surface area contributed by atoms with Gasteiger partial charge in [-0.15, -0.1) is 0 Å². The van der Waals surface area contributed by atoms with Gasteiger partial charge in [0.2, 0.25) is 0 Å². The Balaban J connectivity index is 1.71. The summed E-state index contributed by atoms with van der Waals surface area (Å²) >= 11 is 0. The van der Waals surface area contributed by atoms with Crippen LogP contribution in [0.2, 0.25) is 0 Å². The largest absolute Gasteiger partial charge is 0.392 e. The van der Waals surface area contributed by atoms with Gasteiger partial charge in [-0.3, -0.25) is 25.0 Å². The Kier molecular flexibility index (Phi) is 5.50. The van der Waals surface area contributed by atoms with E-state index in [0.717, 1.165) is 0 Å². The summed E-state index contributed by atoms with van der Waals surface area (Å²) in [6.07, 6.45) is 0. The quantitative estimate of drug-likeness (QED) is 0.614. The highest BCUT2D eigenvalue weighted by Gasteiger charge is 2.26. The molecule has 0 spiro atoms. The number of nitro groups is 2. The molecule has 10 nitrogen and oxygen atoms in total. The van der Waals surface area contributed by atoms with E-state index in [-0.39, 0.29) is 23.9 Å². The molecule has 1 saturated heterocycles. The minimum Gasteiger partial charge on any atom is -0.392 e. The lowest BCUT2D eigenvalue weighted by molar-refractivity contribution is -0.384. The molecular formula is C18H18N4O6. The number of aliphatic hydroxyl groups excluding tert-OH is 1. The summed E-state index contributed by atoms with van der Waals surface area (Å²) in [7, 11) is 0. The van der Waals surface area contributed by atoms with Crippen LogP contribution in [0.4, 0.5) is 17.1 Å². The fourth-order valence-electron chi connectivity index (χ4n) is 3.13. The summed E-state index contributed by atoms with van der Waals surface area (Å²) in [6.45, 7) is 1.29. The van der Waals surface area contributed by atoms with Crippen LogP contribution in [0.1, 0.15) is 15.9 Å². The number of nitrogens with zero attached hydrogens (tertiary/aromatic N) is 4. The van der Waals surface area contributed by atoms with Gasteiger partial charge in [0.1, 0.15) is 5.69 Å². The van der Waals surface area contributed by atoms with Crippen LogP contribution in [0.5, 0.6) is 0 Å². The Bertz CT molecular complexity index is 907. The average Bonchev–Trinajstić information content (AvgIpc) is 2.72. The molecule has 0 bridgehead atoms. The van der Waals surface area contributed by atoms with E-state index in [2.05, 4.69) is 0 Å². The number of amides is 1. The predicted octanol–water partition coefficient (Wildman–Crippen LogP) is 1.96. The molecule has 0 atom stereocenters. The van der Waals surface area contributed by atoms with Crippen LogP contribution in [0.15, 0.2) is 42.5 Å². The molecule has 146 valence electrons. The van der Waals surface area contributed by atoms with Gasteiger partial charge in [-0.05, 0) is 29.8 Å². The SMILES string of the molecule is O=C(c1ccc([N+](=O)[O-])cc1)N1CCN(c2cc(CO)ccc2[N+](=O)[O-])CC1. The lowest BCUT2D eigenvalue weighted by Gasteiger charge is -2.36. The Hall–Kier alpha value is -3.53. The van der Waals surface area contributed by atoms with E-state index < -0.39 is 9.85 Å². The van der Waals surface area contributed by atoms with Crippen molar-refractivity contribution < 1.29 is 19.7 Å². The highest BCUT2D eigenvalue weighted by molar-refractivity contribution is 5.94. The molecule has 1 amide bonds. The van der Waals surface area contributed by atoms with E-state index in [1.54, 1.807) is 11.0 Å². The zero-order valence-corrected chi connectivity index (χ0v) is 14.9. The highest BCUT2D eigenvalue weighted by atomic mass is 16.6. The summed E-state index contributed by atoms with van der Waals surface area (Å²) < 4.78 is 0. The Labute approximate surface area is 159 Å². The van der Waals surface area contributed by atoms with Gasteiger partial charge in [-0.2, -0.15) is 0 Å². The molecule has 28 heavy (non-hydrogen) atoms. The van der Waals surface area contributed by atoms with Gasteiger partial charge in [0.15, 0.2) is 0 Å². The van der Waals surface area contributed by atoms with Gasteiger partial charge in [0.05, 0.1) is 16.5 Å². The number of anilines is 1. The number of carbonyl (C=O) groups is 1. The fraction of sp³-hybridized carbons (Fsp3) is 0.278. The zero-order valence-electron chi connectivity index (χ0n) is 14.9. The molecule has 0 aromatic heterocycles. The Morgan fingerprint density at radius 3 is 2.14 bits per heavy atom. The van der Waals surface area contributed by atoms with Crippen molar-refractivity contribution in [3.05, 3.63) is 73.8 Å². The van der Waals surface area contributed by atoms with Gasteiger partial charge in [0, 0.05) is 49.9 Å². The number of aliphatic hydroxyl groups is 1. The van der Waals surface area contributed by atoms with Crippen molar-refractivity contribution >= 4 is 23.0 Å². The summed E-state index contributed by atoms with van der Waals surface area (Å²) in [4.78, 5) is 37.0. The maximum Gasteiger partial charge on any atom is 0.292 e. The van der Waals surface area contributed by atoms with Gasteiger partial charge in [-0.25, -0.2) is 0 Å². The third-order valence-electron chi connectivity index (χ3n) is 4.65. The van der Waals surface area contributed by atoms with Crippen LogP contribution >= 0.6 is 0 Å². The van der Waals surface area contributed by atoms with E-state index in [9.17, 15) is 30.1 Å². The van der Waals surface area contributed by atoms with Crippen molar-refractivity contribution in [3.8, 4) is 0 Å². The number of carbonyl (C=O) groups excluding carboxylic acids is 1. The molecule has 0 saturated carbocycles. The summed E-state index contributed by atoms with van der Waals surface area (Å²) in [5.74, 6) is -0.242. The lowest BCUT2D eigenvalue weighted by atomic mass is 10.1. The number of benzene rings is 2. The van der Waals surface area contributed by atoms with Gasteiger partial charge >= 0.3 is 0 Å². The molecule has 0 aliphatic carbocycles. The van der Waals surface area contributed by atoms with Gasteiger partial charge in [-0.1, -0.05) is 0 Å². The number of rotatable bonds is 5. The molecule has 1 aliphatic heterocycles. The second-order valence-electron chi connectivity index (χ2n) is 6.32. The van der Waals surface area contributed by atoms with Crippen LogP contribution < -0.4 is 4.90 Å². The van der Waals surface area contributed by atoms with Crippen LogP contribution in [-0.4, -0.2) is 51.9 Å². The summed E-state index contributed by atoms with van der Waals surface area (Å²) in [6, 6.07) is 9.88. The van der Waals surface area contributed by atoms with E-state index in [4.69, 9.17) is 0 Å². The second-order valence-corrected chi connectivity index (χ2v) is 6.32. The average molecular weight is 386 g/mol. The Morgan fingerprint density at radius 2 is 1.61 bits per heavy atom. The first kappa shape index (κ1) is 19.2. The fourth-order valence-corrected chi connectivity index (χ4v) is 3.13. The maximum atomic E-state index is 12.6. The lowest BCUT2D eigenvalue weighted by Crippen LogP contribution is -2.49. The third-order valence-corrected chi connectivity index (χ3v) is 4.65. The molecule has 2 aromatic rings. The van der Waals surface area contributed by atoms with E-state index in [0.29, 0.717) is 43.0 Å². The maximum absolute atomic E-state index is 12.6. The molecule has 2 aromatic carbocycles. The van der Waals surface area contributed by atoms with Crippen LogP contribution in [0.25, 0.3) is 0 Å². The van der Waals surface area contributed by atoms with Crippen molar-refractivity contribution in [1.29, 1.82) is 0 Å². The molecule has 1 aliphatic rings. The molecule has 1 fully saturated rings. The zero-order chi connectivity index (χ0) is 20.3. The van der Waals surface area contributed by atoms with Gasteiger partial charge < -0.3 is 14.9 Å². The first-order valence-corrected chi connectivity index (χ1v) is 8.57. The number of piperazine rings is 1. The van der Waals surface area contributed by atoms with Crippen LogP contribution in [-0.2, 0) is 6.61 Å². The summed E-state index contributed by atoms with van der Waals surface area (Å²) in [5.41, 5.74) is 1.21. The van der Waals surface area contributed by atoms with Crippen LogP contribution in [0, 0.1) is 20.2 Å². The van der Waals surface area contributed by atoms with E-state index >= 15 is 0 Å². The molecule has 0 unspecified atom stereocenters.